The van der Waals surface area contributed by atoms with Crippen molar-refractivity contribution in [1.82, 2.24) is 10.3 Å². The molecule has 4 heteroatoms. The number of amides is 1. The van der Waals surface area contributed by atoms with Crippen LogP contribution in [-0.4, -0.2) is 16.9 Å². The second kappa shape index (κ2) is 6.73. The fraction of sp³-hybridized carbons (Fsp3) is 0.625. The van der Waals surface area contributed by atoms with Crippen molar-refractivity contribution in [2.45, 2.75) is 58.4 Å². The second-order valence-electron chi connectivity index (χ2n) is 5.79. The Morgan fingerprint density at radius 3 is 2.75 bits per heavy atom. The van der Waals surface area contributed by atoms with Crippen LogP contribution in [0.1, 0.15) is 62.0 Å². The minimum atomic E-state index is -0.0353. The van der Waals surface area contributed by atoms with Gasteiger partial charge < -0.3 is 11.1 Å². The van der Waals surface area contributed by atoms with Crippen molar-refractivity contribution in [1.29, 1.82) is 0 Å². The first-order valence-corrected chi connectivity index (χ1v) is 7.67. The highest BCUT2D eigenvalue weighted by Gasteiger charge is 2.22. The summed E-state index contributed by atoms with van der Waals surface area (Å²) in [5, 5.41) is 3.12. The summed E-state index contributed by atoms with van der Waals surface area (Å²) in [5.41, 5.74) is 7.24. The fourth-order valence-corrected chi connectivity index (χ4v) is 2.97. The van der Waals surface area contributed by atoms with Gasteiger partial charge in [-0.2, -0.15) is 0 Å². The van der Waals surface area contributed by atoms with Crippen LogP contribution in [0.4, 0.5) is 5.82 Å². The standard InChI is InChI=1S/C16H25N3O/c1-3-14-9-13(10-15(17)19-14)16(20)18-11(2)12-7-5-4-6-8-12/h9-12H,3-8H2,1-2H3,(H2,17,19)(H,18,20). The van der Waals surface area contributed by atoms with Crippen LogP contribution in [-0.2, 0) is 6.42 Å². The average molecular weight is 275 g/mol. The van der Waals surface area contributed by atoms with Gasteiger partial charge in [-0.3, -0.25) is 4.79 Å². The summed E-state index contributed by atoms with van der Waals surface area (Å²) in [4.78, 5) is 16.5. The highest BCUT2D eigenvalue weighted by atomic mass is 16.1. The van der Waals surface area contributed by atoms with Gasteiger partial charge in [0.25, 0.3) is 5.91 Å². The van der Waals surface area contributed by atoms with E-state index < -0.39 is 0 Å². The van der Waals surface area contributed by atoms with Crippen LogP contribution in [0.25, 0.3) is 0 Å². The molecule has 4 nitrogen and oxygen atoms in total. The van der Waals surface area contributed by atoms with Crippen molar-refractivity contribution >= 4 is 11.7 Å². The molecular weight excluding hydrogens is 250 g/mol. The van der Waals surface area contributed by atoms with Gasteiger partial charge in [0.15, 0.2) is 0 Å². The molecule has 1 aromatic heterocycles. The predicted molar refractivity (Wildman–Crippen MR) is 81.5 cm³/mol. The number of hydrogen-bond donors (Lipinski definition) is 2. The van der Waals surface area contributed by atoms with E-state index in [2.05, 4.69) is 17.2 Å². The molecule has 1 unspecified atom stereocenters. The van der Waals surface area contributed by atoms with Crippen molar-refractivity contribution in [3.63, 3.8) is 0 Å². The van der Waals surface area contributed by atoms with E-state index >= 15 is 0 Å². The van der Waals surface area contributed by atoms with Crippen LogP contribution in [0.3, 0.4) is 0 Å². The Hall–Kier alpha value is -1.58. The minimum Gasteiger partial charge on any atom is -0.384 e. The first kappa shape index (κ1) is 14.8. The van der Waals surface area contributed by atoms with E-state index in [1.807, 2.05) is 13.0 Å². The van der Waals surface area contributed by atoms with Crippen molar-refractivity contribution in [3.8, 4) is 0 Å². The van der Waals surface area contributed by atoms with E-state index in [9.17, 15) is 4.79 Å². The van der Waals surface area contributed by atoms with Crippen LogP contribution in [0.2, 0.25) is 0 Å². The summed E-state index contributed by atoms with van der Waals surface area (Å²) >= 11 is 0. The molecule has 0 spiro atoms. The number of rotatable bonds is 4. The second-order valence-corrected chi connectivity index (χ2v) is 5.79. The number of pyridine rings is 1. The van der Waals surface area contributed by atoms with Crippen molar-refractivity contribution in [3.05, 3.63) is 23.4 Å². The summed E-state index contributed by atoms with van der Waals surface area (Å²) < 4.78 is 0. The van der Waals surface area contributed by atoms with Crippen molar-refractivity contribution in [2.75, 3.05) is 5.73 Å². The average Bonchev–Trinajstić information content (AvgIpc) is 2.47. The molecule has 2 rings (SSSR count). The number of hydrogen-bond acceptors (Lipinski definition) is 3. The van der Waals surface area contributed by atoms with E-state index in [-0.39, 0.29) is 11.9 Å². The molecule has 110 valence electrons. The smallest absolute Gasteiger partial charge is 0.251 e. The van der Waals surface area contributed by atoms with Gasteiger partial charge in [0, 0.05) is 17.3 Å². The third-order valence-corrected chi connectivity index (χ3v) is 4.24. The molecule has 3 N–H and O–H groups in total. The molecule has 0 aliphatic heterocycles. The first-order chi connectivity index (χ1) is 9.60. The monoisotopic (exact) mass is 275 g/mol. The predicted octanol–water partition coefficient (Wildman–Crippen LogP) is 2.92. The summed E-state index contributed by atoms with van der Waals surface area (Å²) in [5.74, 6) is 0.990. The van der Waals surface area contributed by atoms with Gasteiger partial charge in [-0.15, -0.1) is 0 Å². The number of nitrogen functional groups attached to an aromatic ring is 1. The maximum atomic E-state index is 12.3. The zero-order valence-corrected chi connectivity index (χ0v) is 12.5. The lowest BCUT2D eigenvalue weighted by atomic mass is 9.84. The molecule has 1 aliphatic rings. The van der Waals surface area contributed by atoms with E-state index in [0.29, 0.717) is 17.3 Å². The molecule has 1 saturated carbocycles. The summed E-state index contributed by atoms with van der Waals surface area (Å²) in [6.45, 7) is 4.12. The quantitative estimate of drug-likeness (QED) is 0.887. The normalized spacial score (nSPS) is 17.7. The van der Waals surface area contributed by atoms with Gasteiger partial charge in [0.1, 0.15) is 5.82 Å². The number of aromatic nitrogens is 1. The SMILES string of the molecule is CCc1cc(C(=O)NC(C)C2CCCCC2)cc(N)n1. The first-order valence-electron chi connectivity index (χ1n) is 7.67. The molecule has 1 aliphatic carbocycles. The van der Waals surface area contributed by atoms with E-state index in [1.54, 1.807) is 6.07 Å². The van der Waals surface area contributed by atoms with Crippen LogP contribution >= 0.6 is 0 Å². The highest BCUT2D eigenvalue weighted by molar-refractivity contribution is 5.95. The maximum Gasteiger partial charge on any atom is 0.251 e. The number of carbonyl (C=O) groups excluding carboxylic acids is 1. The Morgan fingerprint density at radius 2 is 2.10 bits per heavy atom. The lowest BCUT2D eigenvalue weighted by Crippen LogP contribution is -2.39. The van der Waals surface area contributed by atoms with E-state index in [4.69, 9.17) is 5.73 Å². The molecule has 0 bridgehead atoms. The lowest BCUT2D eigenvalue weighted by molar-refractivity contribution is 0.0919. The zero-order chi connectivity index (χ0) is 14.5. The van der Waals surface area contributed by atoms with Gasteiger partial charge >= 0.3 is 0 Å². The fourth-order valence-electron chi connectivity index (χ4n) is 2.97. The van der Waals surface area contributed by atoms with E-state index in [0.717, 1.165) is 12.1 Å². The van der Waals surface area contributed by atoms with Crippen molar-refractivity contribution in [2.24, 2.45) is 5.92 Å². The molecule has 0 aromatic carbocycles. The molecule has 0 saturated heterocycles. The number of nitrogens with zero attached hydrogens (tertiary/aromatic N) is 1. The molecule has 1 atom stereocenters. The lowest BCUT2D eigenvalue weighted by Gasteiger charge is -2.28. The van der Waals surface area contributed by atoms with Crippen LogP contribution in [0.15, 0.2) is 12.1 Å². The molecule has 1 amide bonds. The number of anilines is 1. The van der Waals surface area contributed by atoms with Gasteiger partial charge in [0.05, 0.1) is 0 Å². The van der Waals surface area contributed by atoms with E-state index in [1.165, 1.54) is 32.1 Å². The summed E-state index contributed by atoms with van der Waals surface area (Å²) in [6.07, 6.45) is 7.13. The highest BCUT2D eigenvalue weighted by Crippen LogP contribution is 2.26. The van der Waals surface area contributed by atoms with Crippen LogP contribution in [0.5, 0.6) is 0 Å². The Kier molecular flexibility index (Phi) is 4.99. The molecule has 1 fully saturated rings. The minimum absolute atomic E-state index is 0.0353. The maximum absolute atomic E-state index is 12.3. The Bertz CT molecular complexity index is 467. The number of nitrogens with one attached hydrogen (secondary N) is 1. The topological polar surface area (TPSA) is 68.0 Å². The Balaban J connectivity index is 2.01. The third kappa shape index (κ3) is 3.71. The van der Waals surface area contributed by atoms with Crippen LogP contribution < -0.4 is 11.1 Å². The van der Waals surface area contributed by atoms with Crippen molar-refractivity contribution < 1.29 is 4.79 Å². The molecule has 0 radical (unpaired) electrons. The Labute approximate surface area is 121 Å². The third-order valence-electron chi connectivity index (χ3n) is 4.24. The molecular formula is C16H25N3O. The summed E-state index contributed by atoms with van der Waals surface area (Å²) in [6, 6.07) is 3.71. The largest absolute Gasteiger partial charge is 0.384 e. The number of aryl methyl sites for hydroxylation is 1. The van der Waals surface area contributed by atoms with Gasteiger partial charge in [-0.05, 0) is 44.2 Å². The van der Waals surface area contributed by atoms with Gasteiger partial charge in [0.2, 0.25) is 0 Å². The Morgan fingerprint density at radius 1 is 1.40 bits per heavy atom. The number of carbonyl (C=O) groups is 1. The van der Waals surface area contributed by atoms with Gasteiger partial charge in [-0.25, -0.2) is 4.98 Å². The molecule has 1 heterocycles. The number of nitrogens with two attached hydrogens (primary N) is 1. The van der Waals surface area contributed by atoms with Crippen LogP contribution in [0, 0.1) is 5.92 Å². The molecule has 20 heavy (non-hydrogen) atoms. The van der Waals surface area contributed by atoms with Gasteiger partial charge in [-0.1, -0.05) is 26.2 Å². The summed E-state index contributed by atoms with van der Waals surface area (Å²) in [7, 11) is 0. The molecule has 1 aromatic rings. The zero-order valence-electron chi connectivity index (χ0n) is 12.5.